The quantitative estimate of drug-likeness (QED) is 0.581. The predicted molar refractivity (Wildman–Crippen MR) is 138 cm³/mol. The summed E-state index contributed by atoms with van der Waals surface area (Å²) in [6.45, 7) is 4.06. The number of ether oxygens (including phenoxy) is 2. The number of methoxy groups -OCH3 is 1. The van der Waals surface area contributed by atoms with E-state index in [-0.39, 0.29) is 30.5 Å². The number of carbonyl (C=O) groups is 2. The Hall–Kier alpha value is -3.32. The van der Waals surface area contributed by atoms with Crippen LogP contribution in [0.5, 0.6) is 5.75 Å². The number of hydrogen-bond donors (Lipinski definition) is 0. The van der Waals surface area contributed by atoms with E-state index < -0.39 is 0 Å². The molecule has 2 saturated heterocycles. The Labute approximate surface area is 213 Å². The fraction of sp³-hybridized carbons (Fsp3) is 0.448. The van der Waals surface area contributed by atoms with Gasteiger partial charge in [-0.15, -0.1) is 0 Å². The summed E-state index contributed by atoms with van der Waals surface area (Å²) in [7, 11) is 1.63. The van der Waals surface area contributed by atoms with Gasteiger partial charge in [-0.05, 0) is 48.6 Å². The molecule has 2 aromatic carbocycles. The van der Waals surface area contributed by atoms with E-state index in [1.165, 1.54) is 5.56 Å². The van der Waals surface area contributed by atoms with Crippen molar-refractivity contribution in [2.24, 2.45) is 0 Å². The first-order valence-electron chi connectivity index (χ1n) is 13.0. The molecule has 2 atom stereocenters. The summed E-state index contributed by atoms with van der Waals surface area (Å²) in [5.41, 5.74) is 2.16. The molecule has 3 fully saturated rings. The summed E-state index contributed by atoms with van der Waals surface area (Å²) in [4.78, 5) is 32.9. The van der Waals surface area contributed by atoms with E-state index >= 15 is 0 Å². The van der Waals surface area contributed by atoms with E-state index in [2.05, 4.69) is 29.2 Å². The zero-order valence-corrected chi connectivity index (χ0v) is 21.0. The van der Waals surface area contributed by atoms with Crippen molar-refractivity contribution in [2.45, 2.75) is 44.4 Å². The van der Waals surface area contributed by atoms with Crippen LogP contribution in [0.3, 0.4) is 0 Å². The first kappa shape index (κ1) is 24.4. The Bertz CT molecular complexity index is 1080. The summed E-state index contributed by atoms with van der Waals surface area (Å²) in [6, 6.07) is 17.9. The Balaban J connectivity index is 1.24. The van der Waals surface area contributed by atoms with Gasteiger partial charge >= 0.3 is 0 Å². The van der Waals surface area contributed by atoms with Crippen LogP contribution in [0.15, 0.2) is 60.4 Å². The third-order valence-electron chi connectivity index (χ3n) is 7.51. The lowest BCUT2D eigenvalue weighted by Crippen LogP contribution is -2.58. The molecule has 1 saturated carbocycles. The Kier molecular flexibility index (Phi) is 7.56. The number of piperazine rings is 1. The zero-order chi connectivity index (χ0) is 24.9. The van der Waals surface area contributed by atoms with Crippen LogP contribution in [0.1, 0.15) is 36.8 Å². The minimum absolute atomic E-state index is 0.0257. The van der Waals surface area contributed by atoms with Crippen molar-refractivity contribution in [3.8, 4) is 5.75 Å². The maximum absolute atomic E-state index is 13.5. The minimum Gasteiger partial charge on any atom is -0.497 e. The number of fused-ring (bicyclic) bond motifs is 1. The molecule has 0 N–H and O–H groups in total. The van der Waals surface area contributed by atoms with Crippen molar-refractivity contribution in [3.05, 3.63) is 71.5 Å². The molecule has 2 heterocycles. The highest BCUT2D eigenvalue weighted by Gasteiger charge is 2.42. The van der Waals surface area contributed by atoms with Gasteiger partial charge in [0.1, 0.15) is 18.4 Å². The molecule has 36 heavy (non-hydrogen) atoms. The molecule has 3 aliphatic rings. The average molecular weight is 490 g/mol. The molecule has 2 aliphatic heterocycles. The highest BCUT2D eigenvalue weighted by Crippen LogP contribution is 2.33. The number of benzene rings is 2. The van der Waals surface area contributed by atoms with Crippen molar-refractivity contribution in [1.82, 2.24) is 14.7 Å². The molecule has 1 aliphatic carbocycles. The van der Waals surface area contributed by atoms with E-state index in [1.54, 1.807) is 18.1 Å². The van der Waals surface area contributed by atoms with Crippen LogP contribution in [0, 0.1) is 0 Å². The molecular weight excluding hydrogens is 454 g/mol. The molecule has 0 aromatic heterocycles. The fourth-order valence-corrected chi connectivity index (χ4v) is 5.46. The summed E-state index contributed by atoms with van der Waals surface area (Å²) in [5.74, 6) is 0.919. The van der Waals surface area contributed by atoms with Crippen molar-refractivity contribution < 1.29 is 19.1 Å². The Morgan fingerprint density at radius 2 is 1.72 bits per heavy atom. The van der Waals surface area contributed by atoms with Gasteiger partial charge in [0.2, 0.25) is 5.91 Å². The van der Waals surface area contributed by atoms with Gasteiger partial charge < -0.3 is 19.3 Å². The van der Waals surface area contributed by atoms with Crippen LogP contribution >= 0.6 is 0 Å². The lowest BCUT2D eigenvalue weighted by Gasteiger charge is -2.45. The number of amides is 2. The number of hydrogen-bond acceptors (Lipinski definition) is 5. The van der Waals surface area contributed by atoms with Crippen LogP contribution in [0.4, 0.5) is 0 Å². The lowest BCUT2D eigenvalue weighted by atomic mass is 9.89. The number of rotatable bonds is 6. The molecule has 2 amide bonds. The van der Waals surface area contributed by atoms with Gasteiger partial charge in [0.25, 0.3) is 5.91 Å². The van der Waals surface area contributed by atoms with E-state index in [0.29, 0.717) is 18.8 Å². The Morgan fingerprint density at radius 3 is 2.44 bits per heavy atom. The normalized spacial score (nSPS) is 23.8. The monoisotopic (exact) mass is 489 g/mol. The van der Waals surface area contributed by atoms with Crippen molar-refractivity contribution in [2.75, 3.05) is 39.8 Å². The van der Waals surface area contributed by atoms with E-state index in [1.807, 2.05) is 35.2 Å². The van der Waals surface area contributed by atoms with Gasteiger partial charge in [-0.2, -0.15) is 0 Å². The average Bonchev–Trinajstić information content (AvgIpc) is 2.92. The molecular formula is C29H35N3O4. The molecule has 2 aromatic rings. The Morgan fingerprint density at radius 1 is 1.00 bits per heavy atom. The third-order valence-corrected chi connectivity index (χ3v) is 7.51. The highest BCUT2D eigenvalue weighted by atomic mass is 16.5. The van der Waals surface area contributed by atoms with Gasteiger partial charge in [-0.3, -0.25) is 14.5 Å². The maximum Gasteiger partial charge on any atom is 0.289 e. The maximum atomic E-state index is 13.5. The third kappa shape index (κ3) is 5.57. The van der Waals surface area contributed by atoms with Gasteiger partial charge in [-0.25, -0.2) is 0 Å². The molecule has 2 unspecified atom stereocenters. The summed E-state index contributed by atoms with van der Waals surface area (Å²) >= 11 is 0. The van der Waals surface area contributed by atoms with Gasteiger partial charge in [0, 0.05) is 32.7 Å². The number of morpholine rings is 1. The van der Waals surface area contributed by atoms with Crippen molar-refractivity contribution >= 4 is 17.9 Å². The first-order chi connectivity index (χ1) is 17.6. The van der Waals surface area contributed by atoms with Crippen LogP contribution in [-0.2, 0) is 20.9 Å². The summed E-state index contributed by atoms with van der Waals surface area (Å²) in [5, 5.41) is 0. The molecule has 0 spiro atoms. The smallest absolute Gasteiger partial charge is 0.289 e. The second-order valence-corrected chi connectivity index (χ2v) is 9.87. The first-order valence-corrected chi connectivity index (χ1v) is 13.0. The highest BCUT2D eigenvalue weighted by molar-refractivity contribution is 5.98. The van der Waals surface area contributed by atoms with Crippen LogP contribution in [-0.4, -0.2) is 78.5 Å². The lowest BCUT2D eigenvalue weighted by molar-refractivity contribution is -0.154. The second kappa shape index (κ2) is 11.2. The summed E-state index contributed by atoms with van der Waals surface area (Å²) in [6.07, 6.45) is 5.64. The molecule has 190 valence electrons. The molecule has 5 rings (SSSR count). The van der Waals surface area contributed by atoms with Crippen molar-refractivity contribution in [1.29, 1.82) is 0 Å². The molecule has 7 nitrogen and oxygen atoms in total. The fourth-order valence-electron chi connectivity index (χ4n) is 5.46. The number of nitrogens with zero attached hydrogens (tertiary/aromatic N) is 3. The van der Waals surface area contributed by atoms with Gasteiger partial charge in [-0.1, -0.05) is 48.9 Å². The van der Waals surface area contributed by atoms with E-state index in [0.717, 1.165) is 56.6 Å². The van der Waals surface area contributed by atoms with Crippen LogP contribution < -0.4 is 4.74 Å². The minimum atomic E-state index is -0.190. The van der Waals surface area contributed by atoms with Crippen molar-refractivity contribution in [3.63, 3.8) is 0 Å². The van der Waals surface area contributed by atoms with Crippen LogP contribution in [0.2, 0.25) is 0 Å². The van der Waals surface area contributed by atoms with E-state index in [9.17, 15) is 9.59 Å². The standard InChI is InChI=1S/C29H35N3O4/c1-35-24-13-11-22(12-14-24)19-27-29(34)32(25-9-5-6-10-26(25)36-27)21-28(33)31-17-15-30(16-18-31)20-23-7-3-2-4-8-23/h2-4,7-8,11-14,19,25-26H,5-6,9-10,15-18,20-21H2,1H3/b27-19-. The van der Waals surface area contributed by atoms with Crippen LogP contribution in [0.25, 0.3) is 6.08 Å². The largest absolute Gasteiger partial charge is 0.497 e. The van der Waals surface area contributed by atoms with E-state index in [4.69, 9.17) is 9.47 Å². The second-order valence-electron chi connectivity index (χ2n) is 9.87. The molecule has 7 heteroatoms. The molecule has 0 bridgehead atoms. The summed E-state index contributed by atoms with van der Waals surface area (Å²) < 4.78 is 11.4. The predicted octanol–water partition coefficient (Wildman–Crippen LogP) is 3.55. The topological polar surface area (TPSA) is 62.3 Å². The zero-order valence-electron chi connectivity index (χ0n) is 21.0. The SMILES string of the molecule is COc1ccc(/C=C2\OC3CCCCC3N(CC(=O)N3CCN(Cc4ccccc4)CC3)C2=O)cc1. The number of carbonyl (C=O) groups excluding carboxylic acids is 2. The molecule has 0 radical (unpaired) electrons. The van der Waals surface area contributed by atoms with Gasteiger partial charge in [0.15, 0.2) is 5.76 Å². The van der Waals surface area contributed by atoms with Gasteiger partial charge in [0.05, 0.1) is 13.2 Å².